The third kappa shape index (κ3) is 4.78. The maximum absolute atomic E-state index is 4.36. The van der Waals surface area contributed by atoms with Gasteiger partial charge in [-0.05, 0) is 55.0 Å². The van der Waals surface area contributed by atoms with Gasteiger partial charge in [-0.3, -0.25) is 9.97 Å². The molecule has 0 saturated heterocycles. The zero-order valence-corrected chi connectivity index (χ0v) is 13.4. The zero-order valence-electron chi connectivity index (χ0n) is 13.4. The van der Waals surface area contributed by atoms with E-state index in [2.05, 4.69) is 45.6 Å². The fourth-order valence-corrected chi connectivity index (χ4v) is 2.76. The van der Waals surface area contributed by atoms with E-state index in [1.54, 1.807) is 0 Å². The van der Waals surface area contributed by atoms with Gasteiger partial charge in [0, 0.05) is 41.9 Å². The van der Waals surface area contributed by atoms with E-state index in [1.165, 1.54) is 47.8 Å². The highest BCUT2D eigenvalue weighted by Gasteiger charge is 1.97. The Morgan fingerprint density at radius 2 is 1.78 bits per heavy atom. The Morgan fingerprint density at radius 3 is 2.70 bits per heavy atom. The van der Waals surface area contributed by atoms with Crippen LogP contribution < -0.4 is 5.32 Å². The monoisotopic (exact) mass is 305 g/mol. The lowest BCUT2D eigenvalue weighted by molar-refractivity contribution is 0.649. The molecule has 3 rings (SSSR count). The molecule has 0 saturated carbocycles. The third-order valence-corrected chi connectivity index (χ3v) is 4.06. The summed E-state index contributed by atoms with van der Waals surface area (Å²) in [5.41, 5.74) is 2.38. The second kappa shape index (κ2) is 8.28. The molecule has 0 spiro atoms. The second-order valence-electron chi connectivity index (χ2n) is 5.85. The van der Waals surface area contributed by atoms with Gasteiger partial charge in [0.05, 0.1) is 0 Å². The first kappa shape index (κ1) is 15.5. The molecular weight excluding hydrogens is 282 g/mol. The van der Waals surface area contributed by atoms with Crippen molar-refractivity contribution >= 4 is 16.5 Å². The van der Waals surface area contributed by atoms with Crippen LogP contribution >= 0.6 is 0 Å². The summed E-state index contributed by atoms with van der Waals surface area (Å²) in [5, 5.41) is 5.93. The highest BCUT2D eigenvalue weighted by atomic mass is 14.9. The van der Waals surface area contributed by atoms with Crippen LogP contribution in [-0.4, -0.2) is 16.5 Å². The number of pyridine rings is 2. The van der Waals surface area contributed by atoms with Crippen molar-refractivity contribution < 1.29 is 0 Å². The second-order valence-corrected chi connectivity index (χ2v) is 5.85. The number of aromatic nitrogens is 2. The molecule has 2 heterocycles. The van der Waals surface area contributed by atoms with Crippen LogP contribution in [0.5, 0.6) is 0 Å². The number of benzene rings is 1. The highest BCUT2D eigenvalue weighted by molar-refractivity contribution is 5.84. The normalized spacial score (nSPS) is 10.8. The van der Waals surface area contributed by atoms with Crippen LogP contribution in [0.25, 0.3) is 10.8 Å². The Morgan fingerprint density at radius 1 is 0.826 bits per heavy atom. The van der Waals surface area contributed by atoms with E-state index < -0.39 is 0 Å². The minimum absolute atomic E-state index is 1.02. The van der Waals surface area contributed by atoms with Gasteiger partial charge in [0.15, 0.2) is 0 Å². The average Bonchev–Trinajstić information content (AvgIpc) is 2.61. The van der Waals surface area contributed by atoms with Gasteiger partial charge in [0.25, 0.3) is 0 Å². The number of aryl methyl sites for hydroxylation is 1. The lowest BCUT2D eigenvalue weighted by Gasteiger charge is -2.07. The van der Waals surface area contributed by atoms with Crippen LogP contribution in [0.3, 0.4) is 0 Å². The summed E-state index contributed by atoms with van der Waals surface area (Å²) < 4.78 is 0. The van der Waals surface area contributed by atoms with Crippen molar-refractivity contribution in [3.63, 3.8) is 0 Å². The summed E-state index contributed by atoms with van der Waals surface area (Å²) in [7, 11) is 0. The van der Waals surface area contributed by atoms with Gasteiger partial charge in [0.1, 0.15) is 0 Å². The molecule has 0 bridgehead atoms. The van der Waals surface area contributed by atoms with Crippen molar-refractivity contribution in [1.82, 2.24) is 9.97 Å². The van der Waals surface area contributed by atoms with Gasteiger partial charge < -0.3 is 5.32 Å². The number of anilines is 1. The van der Waals surface area contributed by atoms with Crippen molar-refractivity contribution in [2.75, 3.05) is 11.9 Å². The first-order valence-electron chi connectivity index (χ1n) is 8.39. The molecule has 0 aliphatic carbocycles. The fourth-order valence-electron chi connectivity index (χ4n) is 2.76. The summed E-state index contributed by atoms with van der Waals surface area (Å²) in [6, 6.07) is 14.6. The quantitative estimate of drug-likeness (QED) is 0.605. The molecule has 0 unspecified atom stereocenters. The minimum atomic E-state index is 1.02. The topological polar surface area (TPSA) is 37.8 Å². The van der Waals surface area contributed by atoms with E-state index in [0.717, 1.165) is 13.0 Å². The van der Waals surface area contributed by atoms with Gasteiger partial charge in [-0.2, -0.15) is 0 Å². The molecule has 1 aromatic carbocycles. The molecular formula is C20H23N3. The zero-order chi connectivity index (χ0) is 15.7. The fraction of sp³-hybridized carbons (Fsp3) is 0.300. The summed E-state index contributed by atoms with van der Waals surface area (Å²) in [6.07, 6.45) is 11.7. The van der Waals surface area contributed by atoms with Gasteiger partial charge in [-0.1, -0.05) is 25.0 Å². The molecule has 0 atom stereocenters. The van der Waals surface area contributed by atoms with E-state index in [4.69, 9.17) is 0 Å². The predicted octanol–water partition coefficient (Wildman–Crippen LogP) is 4.84. The number of nitrogens with one attached hydrogen (secondary N) is 1. The first-order valence-corrected chi connectivity index (χ1v) is 8.39. The molecule has 2 aromatic heterocycles. The Balaban J connectivity index is 1.33. The minimum Gasteiger partial charge on any atom is -0.385 e. The van der Waals surface area contributed by atoms with Gasteiger partial charge in [-0.15, -0.1) is 0 Å². The van der Waals surface area contributed by atoms with E-state index in [-0.39, 0.29) is 0 Å². The molecule has 0 amide bonds. The summed E-state index contributed by atoms with van der Waals surface area (Å²) in [4.78, 5) is 8.54. The first-order chi connectivity index (χ1) is 11.4. The van der Waals surface area contributed by atoms with Crippen LogP contribution in [0.1, 0.15) is 31.4 Å². The standard InChI is InChI=1S/C20H23N3/c1(3-7-19-8-4-6-13-22-19)2-5-12-23-20-10-9-17-11-14-21-16-18(17)15-20/h4,6,8-11,13-16,23H,1-3,5,7,12H2. The SMILES string of the molecule is c1ccc(CCCCCCNc2ccc3ccncc3c2)nc1. The number of unbranched alkanes of at least 4 members (excludes halogenated alkanes) is 3. The van der Waals surface area contributed by atoms with Crippen LogP contribution in [0.2, 0.25) is 0 Å². The largest absolute Gasteiger partial charge is 0.385 e. The molecule has 3 heteroatoms. The summed E-state index contributed by atoms with van der Waals surface area (Å²) >= 11 is 0. The highest BCUT2D eigenvalue weighted by Crippen LogP contribution is 2.18. The van der Waals surface area contributed by atoms with E-state index >= 15 is 0 Å². The lowest BCUT2D eigenvalue weighted by Crippen LogP contribution is -2.01. The molecule has 1 N–H and O–H groups in total. The van der Waals surface area contributed by atoms with E-state index in [9.17, 15) is 0 Å². The molecule has 0 radical (unpaired) electrons. The van der Waals surface area contributed by atoms with Crippen molar-refractivity contribution in [1.29, 1.82) is 0 Å². The van der Waals surface area contributed by atoms with E-state index in [0.29, 0.717) is 0 Å². The van der Waals surface area contributed by atoms with Gasteiger partial charge in [0.2, 0.25) is 0 Å². The Hall–Kier alpha value is -2.42. The predicted molar refractivity (Wildman–Crippen MR) is 96.6 cm³/mol. The summed E-state index contributed by atoms with van der Waals surface area (Å²) in [5.74, 6) is 0. The molecule has 0 fully saturated rings. The third-order valence-electron chi connectivity index (χ3n) is 4.06. The Bertz CT molecular complexity index is 725. The molecule has 0 aliphatic heterocycles. The Kier molecular flexibility index (Phi) is 5.57. The van der Waals surface area contributed by atoms with Gasteiger partial charge in [-0.25, -0.2) is 0 Å². The number of hydrogen-bond acceptors (Lipinski definition) is 3. The molecule has 3 nitrogen and oxygen atoms in total. The van der Waals surface area contributed by atoms with Crippen LogP contribution in [-0.2, 0) is 6.42 Å². The summed E-state index contributed by atoms with van der Waals surface area (Å²) in [6.45, 7) is 1.02. The molecule has 118 valence electrons. The number of nitrogens with zero attached hydrogens (tertiary/aromatic N) is 2. The number of rotatable bonds is 8. The maximum Gasteiger partial charge on any atom is 0.0403 e. The maximum atomic E-state index is 4.36. The van der Waals surface area contributed by atoms with Crippen molar-refractivity contribution in [2.24, 2.45) is 0 Å². The van der Waals surface area contributed by atoms with Crippen molar-refractivity contribution in [2.45, 2.75) is 32.1 Å². The Labute approximate surface area is 137 Å². The molecule has 3 aromatic rings. The molecule has 23 heavy (non-hydrogen) atoms. The van der Waals surface area contributed by atoms with Crippen LogP contribution in [0.4, 0.5) is 5.69 Å². The lowest BCUT2D eigenvalue weighted by atomic mass is 10.1. The average molecular weight is 305 g/mol. The van der Waals surface area contributed by atoms with Crippen LogP contribution in [0.15, 0.2) is 61.1 Å². The molecule has 0 aliphatic rings. The van der Waals surface area contributed by atoms with Crippen molar-refractivity contribution in [3.05, 3.63) is 66.7 Å². The number of fused-ring (bicyclic) bond motifs is 1. The number of hydrogen-bond donors (Lipinski definition) is 1. The smallest absolute Gasteiger partial charge is 0.0403 e. The van der Waals surface area contributed by atoms with Crippen molar-refractivity contribution in [3.8, 4) is 0 Å². The van der Waals surface area contributed by atoms with Crippen LogP contribution in [0, 0.1) is 0 Å². The van der Waals surface area contributed by atoms with Gasteiger partial charge >= 0.3 is 0 Å². The van der Waals surface area contributed by atoms with E-state index in [1.807, 2.05) is 30.7 Å².